The van der Waals surface area contributed by atoms with Crippen LogP contribution in [0.4, 0.5) is 5.82 Å². The minimum atomic E-state index is 0.667. The summed E-state index contributed by atoms with van der Waals surface area (Å²) in [4.78, 5) is 11.7. The van der Waals surface area contributed by atoms with Crippen LogP contribution in [0, 0.1) is 0 Å². The average molecular weight is 379 g/mol. The van der Waals surface area contributed by atoms with Gasteiger partial charge in [-0.2, -0.15) is 0 Å². The Morgan fingerprint density at radius 1 is 1.00 bits per heavy atom. The summed E-state index contributed by atoms with van der Waals surface area (Å²) in [6, 6.07) is 15.8. The van der Waals surface area contributed by atoms with Crippen LogP contribution < -0.4 is 10.1 Å². The van der Waals surface area contributed by atoms with Crippen molar-refractivity contribution in [3.05, 3.63) is 48.5 Å². The fourth-order valence-electron chi connectivity index (χ4n) is 3.32. The Kier molecular flexibility index (Phi) is 5.16. The van der Waals surface area contributed by atoms with Crippen molar-refractivity contribution in [1.82, 2.24) is 14.9 Å². The third kappa shape index (κ3) is 3.85. The molecule has 0 unspecified atom stereocenters. The first-order chi connectivity index (χ1) is 13.2. The molecular weight excluding hydrogens is 356 g/mol. The molecule has 1 aromatic heterocycles. The fourth-order valence-corrected chi connectivity index (χ4v) is 3.60. The quantitative estimate of drug-likeness (QED) is 0.678. The highest BCUT2D eigenvalue weighted by Gasteiger charge is 2.16. The molecule has 1 aliphatic heterocycles. The number of rotatable bonds is 3. The van der Waals surface area contributed by atoms with Gasteiger partial charge >= 0.3 is 0 Å². The van der Waals surface area contributed by atoms with E-state index in [1.165, 1.54) is 19.3 Å². The number of hydrogen-bond donors (Lipinski definition) is 1. The van der Waals surface area contributed by atoms with Gasteiger partial charge in [-0.05, 0) is 67.9 Å². The maximum atomic E-state index is 5.65. The Bertz CT molecular complexity index is 952. The van der Waals surface area contributed by atoms with Gasteiger partial charge < -0.3 is 15.0 Å². The highest BCUT2D eigenvalue weighted by molar-refractivity contribution is 7.80. The lowest BCUT2D eigenvalue weighted by Gasteiger charge is -2.29. The molecule has 27 heavy (non-hydrogen) atoms. The number of anilines is 1. The molecule has 0 aliphatic carbocycles. The van der Waals surface area contributed by atoms with Gasteiger partial charge in [0.1, 0.15) is 11.6 Å². The van der Waals surface area contributed by atoms with Crippen molar-refractivity contribution >= 4 is 34.1 Å². The number of aromatic nitrogens is 2. The van der Waals surface area contributed by atoms with E-state index in [9.17, 15) is 0 Å². The number of nitrogens with one attached hydrogen (secondary N) is 1. The summed E-state index contributed by atoms with van der Waals surface area (Å²) in [5.41, 5.74) is 1.83. The highest BCUT2D eigenvalue weighted by atomic mass is 32.1. The fraction of sp³-hybridized carbons (Fsp3) is 0.286. The predicted molar refractivity (Wildman–Crippen MR) is 113 cm³/mol. The summed E-state index contributed by atoms with van der Waals surface area (Å²) in [6.45, 7) is 2.00. The molecule has 0 spiro atoms. The summed E-state index contributed by atoms with van der Waals surface area (Å²) < 4.78 is 5.24. The summed E-state index contributed by atoms with van der Waals surface area (Å²) >= 11 is 5.65. The molecule has 3 aromatic rings. The van der Waals surface area contributed by atoms with E-state index >= 15 is 0 Å². The van der Waals surface area contributed by atoms with Gasteiger partial charge in [0, 0.05) is 24.0 Å². The molecule has 1 fully saturated rings. The van der Waals surface area contributed by atoms with E-state index in [2.05, 4.69) is 10.2 Å². The van der Waals surface area contributed by atoms with E-state index in [0.717, 1.165) is 46.2 Å². The molecule has 1 N–H and O–H groups in total. The second kappa shape index (κ2) is 7.88. The number of thiocarbonyl (C=S) groups is 1. The van der Waals surface area contributed by atoms with Gasteiger partial charge in [0.05, 0.1) is 12.6 Å². The molecule has 1 saturated heterocycles. The number of fused-ring (bicyclic) bond motifs is 1. The summed E-state index contributed by atoms with van der Waals surface area (Å²) in [7, 11) is 1.66. The molecule has 2 aromatic carbocycles. The Labute approximate surface area is 164 Å². The normalized spacial score (nSPS) is 14.2. The molecule has 0 saturated carbocycles. The summed E-state index contributed by atoms with van der Waals surface area (Å²) in [6.07, 6.45) is 3.64. The monoisotopic (exact) mass is 378 g/mol. The second-order valence-electron chi connectivity index (χ2n) is 6.62. The molecule has 0 amide bonds. The molecule has 0 atom stereocenters. The van der Waals surface area contributed by atoms with Gasteiger partial charge in [-0.1, -0.05) is 12.1 Å². The van der Waals surface area contributed by atoms with Crippen molar-refractivity contribution in [3.8, 4) is 17.1 Å². The van der Waals surface area contributed by atoms with Crippen LogP contribution >= 0.6 is 12.2 Å². The van der Waals surface area contributed by atoms with Crippen molar-refractivity contribution in [2.45, 2.75) is 19.3 Å². The van der Waals surface area contributed by atoms with Crippen LogP contribution in [0.15, 0.2) is 48.5 Å². The van der Waals surface area contributed by atoms with Crippen molar-refractivity contribution in [3.63, 3.8) is 0 Å². The SMILES string of the molecule is COc1ccc(-c2nc(NC(=S)N3CCCCC3)c3ccccc3n2)cc1. The predicted octanol–water partition coefficient (Wildman–Crippen LogP) is 4.49. The first-order valence-electron chi connectivity index (χ1n) is 9.22. The van der Waals surface area contributed by atoms with Crippen molar-refractivity contribution in [2.24, 2.45) is 0 Å². The number of nitrogens with zero attached hydrogens (tertiary/aromatic N) is 3. The van der Waals surface area contributed by atoms with Gasteiger partial charge in [-0.15, -0.1) is 0 Å². The van der Waals surface area contributed by atoms with Gasteiger partial charge in [-0.3, -0.25) is 0 Å². The molecule has 138 valence electrons. The van der Waals surface area contributed by atoms with Gasteiger partial charge in [0.2, 0.25) is 0 Å². The zero-order chi connectivity index (χ0) is 18.6. The maximum absolute atomic E-state index is 5.65. The van der Waals surface area contributed by atoms with Gasteiger partial charge in [0.15, 0.2) is 10.9 Å². The van der Waals surface area contributed by atoms with Crippen molar-refractivity contribution in [1.29, 1.82) is 0 Å². The minimum Gasteiger partial charge on any atom is -0.497 e. The standard InChI is InChI=1S/C21H22N4OS/c1-26-16-11-9-15(10-12-16)19-22-18-8-4-3-7-17(18)20(23-19)24-21(27)25-13-5-2-6-14-25/h3-4,7-12H,2,5-6,13-14H2,1H3,(H,22,23,24,27). The molecule has 5 nitrogen and oxygen atoms in total. The number of hydrogen-bond acceptors (Lipinski definition) is 4. The lowest BCUT2D eigenvalue weighted by Crippen LogP contribution is -2.38. The van der Waals surface area contributed by atoms with Crippen LogP contribution in [0.2, 0.25) is 0 Å². The Balaban J connectivity index is 1.70. The Hall–Kier alpha value is -2.73. The largest absolute Gasteiger partial charge is 0.497 e. The summed E-state index contributed by atoms with van der Waals surface area (Å²) in [5.74, 6) is 2.23. The first kappa shape index (κ1) is 17.7. The number of piperidine rings is 1. The van der Waals surface area contributed by atoms with E-state index in [1.807, 2.05) is 48.5 Å². The molecule has 2 heterocycles. The summed E-state index contributed by atoms with van der Waals surface area (Å²) in [5, 5.41) is 5.07. The lowest BCUT2D eigenvalue weighted by atomic mass is 10.1. The van der Waals surface area contributed by atoms with Gasteiger partial charge in [0.25, 0.3) is 0 Å². The smallest absolute Gasteiger partial charge is 0.174 e. The lowest BCUT2D eigenvalue weighted by molar-refractivity contribution is 0.346. The molecule has 0 radical (unpaired) electrons. The topological polar surface area (TPSA) is 50.3 Å². The molecular formula is C21H22N4OS. The number of methoxy groups -OCH3 is 1. The number of ether oxygens (including phenoxy) is 1. The van der Waals surface area contributed by atoms with Crippen molar-refractivity contribution in [2.75, 3.05) is 25.5 Å². The van der Waals surface area contributed by atoms with Crippen LogP contribution in [-0.4, -0.2) is 40.2 Å². The molecule has 4 rings (SSSR count). The van der Waals surface area contributed by atoms with Crippen LogP contribution in [0.1, 0.15) is 19.3 Å². The third-order valence-electron chi connectivity index (χ3n) is 4.82. The highest BCUT2D eigenvalue weighted by Crippen LogP contribution is 2.26. The zero-order valence-electron chi connectivity index (χ0n) is 15.3. The number of para-hydroxylation sites is 1. The Morgan fingerprint density at radius 3 is 2.48 bits per heavy atom. The average Bonchev–Trinajstić information content (AvgIpc) is 2.74. The van der Waals surface area contributed by atoms with Crippen LogP contribution in [0.3, 0.4) is 0 Å². The minimum absolute atomic E-state index is 0.667. The zero-order valence-corrected chi connectivity index (χ0v) is 16.1. The second-order valence-corrected chi connectivity index (χ2v) is 7.01. The van der Waals surface area contributed by atoms with Crippen molar-refractivity contribution < 1.29 is 4.74 Å². The molecule has 0 bridgehead atoms. The molecule has 6 heteroatoms. The van der Waals surface area contributed by atoms with Crippen LogP contribution in [-0.2, 0) is 0 Å². The first-order valence-corrected chi connectivity index (χ1v) is 9.62. The van der Waals surface area contributed by atoms with E-state index in [0.29, 0.717) is 5.82 Å². The van der Waals surface area contributed by atoms with Gasteiger partial charge in [-0.25, -0.2) is 9.97 Å². The third-order valence-corrected chi connectivity index (χ3v) is 5.18. The number of benzene rings is 2. The van der Waals surface area contributed by atoms with E-state index in [-0.39, 0.29) is 0 Å². The van der Waals surface area contributed by atoms with E-state index < -0.39 is 0 Å². The Morgan fingerprint density at radius 2 is 1.74 bits per heavy atom. The van der Waals surface area contributed by atoms with Crippen LogP contribution in [0.5, 0.6) is 5.75 Å². The number of likely N-dealkylation sites (tertiary alicyclic amines) is 1. The maximum Gasteiger partial charge on any atom is 0.174 e. The molecule has 1 aliphatic rings. The van der Waals surface area contributed by atoms with E-state index in [1.54, 1.807) is 7.11 Å². The van der Waals surface area contributed by atoms with E-state index in [4.69, 9.17) is 26.9 Å². The van der Waals surface area contributed by atoms with Crippen LogP contribution in [0.25, 0.3) is 22.3 Å².